The Hall–Kier alpha value is -1.88. The van der Waals surface area contributed by atoms with Gasteiger partial charge in [-0.2, -0.15) is 0 Å². The largest absolute Gasteiger partial charge is 0.368 e. The first-order chi connectivity index (χ1) is 12.1. The number of hydrogen-bond donors (Lipinski definition) is 0. The number of likely N-dealkylation sites (tertiary alicyclic amines) is 1. The summed E-state index contributed by atoms with van der Waals surface area (Å²) >= 11 is 0. The second kappa shape index (κ2) is 8.48. The Morgan fingerprint density at radius 1 is 0.840 bits per heavy atom. The molecule has 0 aromatic heterocycles. The van der Waals surface area contributed by atoms with Crippen molar-refractivity contribution in [3.8, 4) is 0 Å². The second-order valence-electron chi connectivity index (χ2n) is 7.16. The molecular formula is C20H29N3O2. The summed E-state index contributed by atoms with van der Waals surface area (Å²) in [5.74, 6) is 0.365. The Labute approximate surface area is 150 Å². The number of rotatable bonds is 4. The van der Waals surface area contributed by atoms with E-state index >= 15 is 0 Å². The van der Waals surface area contributed by atoms with Crippen LogP contribution in [0.1, 0.15) is 43.0 Å². The molecule has 3 rings (SSSR count). The first-order valence-corrected chi connectivity index (χ1v) is 9.49. The molecule has 25 heavy (non-hydrogen) atoms. The minimum atomic E-state index is 0.0930. The van der Waals surface area contributed by atoms with Crippen molar-refractivity contribution in [2.75, 3.05) is 50.7 Å². The lowest BCUT2D eigenvalue weighted by atomic mass is 10.1. The van der Waals surface area contributed by atoms with Gasteiger partial charge in [0.05, 0.1) is 6.54 Å². The zero-order valence-corrected chi connectivity index (χ0v) is 15.2. The van der Waals surface area contributed by atoms with Gasteiger partial charge in [-0.15, -0.1) is 0 Å². The molecule has 5 nitrogen and oxygen atoms in total. The Morgan fingerprint density at radius 3 is 2.00 bits per heavy atom. The fourth-order valence-electron chi connectivity index (χ4n) is 3.71. The van der Waals surface area contributed by atoms with E-state index in [0.717, 1.165) is 50.5 Å². The molecule has 1 aromatic carbocycles. The van der Waals surface area contributed by atoms with Gasteiger partial charge in [0.2, 0.25) is 5.91 Å². The van der Waals surface area contributed by atoms with Crippen molar-refractivity contribution in [3.63, 3.8) is 0 Å². The minimum absolute atomic E-state index is 0.0930. The smallest absolute Gasteiger partial charge is 0.236 e. The molecule has 0 atom stereocenters. The van der Waals surface area contributed by atoms with Crippen molar-refractivity contribution in [1.82, 2.24) is 9.80 Å². The Balaban J connectivity index is 1.49. The van der Waals surface area contributed by atoms with E-state index in [4.69, 9.17) is 0 Å². The van der Waals surface area contributed by atoms with Crippen LogP contribution in [-0.2, 0) is 4.79 Å². The maximum absolute atomic E-state index is 12.6. The summed E-state index contributed by atoms with van der Waals surface area (Å²) in [7, 11) is 0. The van der Waals surface area contributed by atoms with E-state index in [0.29, 0.717) is 6.54 Å². The van der Waals surface area contributed by atoms with Gasteiger partial charge in [-0.25, -0.2) is 0 Å². The zero-order valence-electron chi connectivity index (χ0n) is 15.2. The predicted octanol–water partition coefficient (Wildman–Crippen LogP) is 2.41. The lowest BCUT2D eigenvalue weighted by molar-refractivity contribution is -0.132. The lowest BCUT2D eigenvalue weighted by Gasteiger charge is -2.37. The summed E-state index contributed by atoms with van der Waals surface area (Å²) in [4.78, 5) is 30.6. The van der Waals surface area contributed by atoms with Crippen LogP contribution in [0.4, 0.5) is 5.69 Å². The number of nitrogens with zero attached hydrogens (tertiary/aromatic N) is 3. The van der Waals surface area contributed by atoms with Crippen LogP contribution in [0.25, 0.3) is 0 Å². The molecule has 0 bridgehead atoms. The summed E-state index contributed by atoms with van der Waals surface area (Å²) in [6, 6.07) is 7.78. The van der Waals surface area contributed by atoms with Gasteiger partial charge in [-0.1, -0.05) is 12.8 Å². The average molecular weight is 343 g/mol. The second-order valence-corrected chi connectivity index (χ2v) is 7.16. The van der Waals surface area contributed by atoms with Crippen molar-refractivity contribution in [1.29, 1.82) is 0 Å². The van der Waals surface area contributed by atoms with E-state index in [1.165, 1.54) is 25.7 Å². The highest BCUT2D eigenvalue weighted by molar-refractivity contribution is 5.94. The SMILES string of the molecule is CC(=O)c1ccc(N2CCN(C(=O)CN3CCCCCC3)CC2)cc1. The van der Waals surface area contributed by atoms with Gasteiger partial charge in [-0.3, -0.25) is 14.5 Å². The molecule has 5 heteroatoms. The molecule has 2 saturated heterocycles. The summed E-state index contributed by atoms with van der Waals surface area (Å²) in [6.45, 7) is 7.55. The lowest BCUT2D eigenvalue weighted by Crippen LogP contribution is -2.51. The van der Waals surface area contributed by atoms with Gasteiger partial charge in [-0.05, 0) is 57.1 Å². The molecule has 2 heterocycles. The Morgan fingerprint density at radius 2 is 1.44 bits per heavy atom. The van der Waals surface area contributed by atoms with E-state index in [2.05, 4.69) is 9.80 Å². The topological polar surface area (TPSA) is 43.9 Å². The van der Waals surface area contributed by atoms with Crippen LogP contribution in [0, 0.1) is 0 Å². The van der Waals surface area contributed by atoms with E-state index in [-0.39, 0.29) is 11.7 Å². The Bertz CT molecular complexity index is 583. The number of hydrogen-bond acceptors (Lipinski definition) is 4. The van der Waals surface area contributed by atoms with Crippen LogP contribution in [0.5, 0.6) is 0 Å². The van der Waals surface area contributed by atoms with E-state index in [9.17, 15) is 9.59 Å². The average Bonchev–Trinajstić information content (AvgIpc) is 2.90. The number of benzene rings is 1. The van der Waals surface area contributed by atoms with Crippen molar-refractivity contribution < 1.29 is 9.59 Å². The molecule has 136 valence electrons. The van der Waals surface area contributed by atoms with Crippen LogP contribution in [0.15, 0.2) is 24.3 Å². The maximum Gasteiger partial charge on any atom is 0.236 e. The third-order valence-electron chi connectivity index (χ3n) is 5.33. The third kappa shape index (κ3) is 4.82. The quantitative estimate of drug-likeness (QED) is 0.788. The number of piperazine rings is 1. The van der Waals surface area contributed by atoms with Gasteiger partial charge >= 0.3 is 0 Å². The normalized spacial score (nSPS) is 19.6. The van der Waals surface area contributed by atoms with Crippen LogP contribution in [0.2, 0.25) is 0 Å². The molecule has 0 spiro atoms. The van der Waals surface area contributed by atoms with Crippen LogP contribution in [-0.4, -0.2) is 67.3 Å². The molecule has 2 aliphatic rings. The highest BCUT2D eigenvalue weighted by atomic mass is 16.2. The van der Waals surface area contributed by atoms with Gasteiger partial charge in [0.15, 0.2) is 5.78 Å². The standard InChI is InChI=1S/C20H29N3O2/c1-17(24)18-6-8-19(9-7-18)22-12-14-23(15-13-22)20(25)16-21-10-4-2-3-5-11-21/h6-9H,2-5,10-16H2,1H3. The van der Waals surface area contributed by atoms with Gasteiger partial charge in [0.1, 0.15) is 0 Å². The predicted molar refractivity (Wildman–Crippen MR) is 100 cm³/mol. The zero-order chi connectivity index (χ0) is 17.6. The molecule has 0 saturated carbocycles. The molecule has 0 N–H and O–H groups in total. The molecule has 2 fully saturated rings. The fourth-order valence-corrected chi connectivity index (χ4v) is 3.71. The number of anilines is 1. The van der Waals surface area contributed by atoms with Gasteiger partial charge in [0, 0.05) is 37.4 Å². The molecule has 0 unspecified atom stereocenters. The van der Waals surface area contributed by atoms with E-state index in [1.807, 2.05) is 29.2 Å². The van der Waals surface area contributed by atoms with Crippen molar-refractivity contribution in [3.05, 3.63) is 29.8 Å². The molecule has 2 aliphatic heterocycles. The molecule has 1 amide bonds. The summed E-state index contributed by atoms with van der Waals surface area (Å²) < 4.78 is 0. The van der Waals surface area contributed by atoms with Gasteiger partial charge in [0.25, 0.3) is 0 Å². The maximum atomic E-state index is 12.6. The summed E-state index contributed by atoms with van der Waals surface area (Å²) in [5, 5.41) is 0. The summed E-state index contributed by atoms with van der Waals surface area (Å²) in [5.41, 5.74) is 1.87. The highest BCUT2D eigenvalue weighted by Crippen LogP contribution is 2.18. The number of amides is 1. The number of Topliss-reactive ketones (excluding diaryl/α,β-unsaturated/α-hetero) is 1. The first-order valence-electron chi connectivity index (χ1n) is 9.49. The highest BCUT2D eigenvalue weighted by Gasteiger charge is 2.23. The molecular weight excluding hydrogens is 314 g/mol. The number of carbonyl (C=O) groups is 2. The molecule has 1 aromatic rings. The van der Waals surface area contributed by atoms with Gasteiger partial charge < -0.3 is 9.80 Å². The van der Waals surface area contributed by atoms with Crippen molar-refractivity contribution in [2.45, 2.75) is 32.6 Å². The number of ketones is 1. The van der Waals surface area contributed by atoms with E-state index in [1.54, 1.807) is 6.92 Å². The van der Waals surface area contributed by atoms with Crippen LogP contribution < -0.4 is 4.90 Å². The molecule has 0 radical (unpaired) electrons. The molecule has 0 aliphatic carbocycles. The first kappa shape index (κ1) is 17.9. The van der Waals surface area contributed by atoms with E-state index < -0.39 is 0 Å². The number of carbonyl (C=O) groups excluding carboxylic acids is 2. The minimum Gasteiger partial charge on any atom is -0.368 e. The van der Waals surface area contributed by atoms with Crippen LogP contribution in [0.3, 0.4) is 0 Å². The third-order valence-corrected chi connectivity index (χ3v) is 5.33. The Kier molecular flexibility index (Phi) is 6.08. The monoisotopic (exact) mass is 343 g/mol. The fraction of sp³-hybridized carbons (Fsp3) is 0.600. The van der Waals surface area contributed by atoms with Crippen LogP contribution >= 0.6 is 0 Å². The van der Waals surface area contributed by atoms with Crippen molar-refractivity contribution >= 4 is 17.4 Å². The van der Waals surface area contributed by atoms with Crippen molar-refractivity contribution in [2.24, 2.45) is 0 Å². The summed E-state index contributed by atoms with van der Waals surface area (Å²) in [6.07, 6.45) is 5.03.